The molecule has 8 nitrogen and oxygen atoms in total. The minimum Gasteiger partial charge on any atom is -0.335 e. The zero-order valence-corrected chi connectivity index (χ0v) is 16.4. The number of aromatic amines is 1. The molecule has 0 aliphatic carbocycles. The van der Waals surface area contributed by atoms with Crippen LogP contribution in [0.15, 0.2) is 29.1 Å². The molecular weight excluding hydrogens is 395 g/mol. The molecule has 0 spiro atoms. The lowest BCUT2D eigenvalue weighted by molar-refractivity contribution is 0.00788. The molecule has 2 amide bonds. The number of rotatable bonds is 3. The Kier molecular flexibility index (Phi) is 4.51. The molecule has 1 N–H and O–H groups in total. The Morgan fingerprint density at radius 3 is 2.62 bits per heavy atom. The minimum absolute atomic E-state index is 0.0161. The van der Waals surface area contributed by atoms with Crippen LogP contribution < -0.4 is 0 Å². The second-order valence-electron chi connectivity index (χ2n) is 7.31. The van der Waals surface area contributed by atoms with Gasteiger partial charge in [-0.05, 0) is 18.2 Å². The van der Waals surface area contributed by atoms with Crippen molar-refractivity contribution in [2.75, 3.05) is 39.3 Å². The molecule has 0 bridgehead atoms. The van der Waals surface area contributed by atoms with Crippen LogP contribution in [-0.4, -0.2) is 86.8 Å². The number of hydrogen-bond donors (Lipinski definition) is 1. The monoisotopic (exact) mass is 414 g/mol. The number of amides is 2. The molecular formula is C19H19FN6O2S. The molecule has 0 unspecified atom stereocenters. The van der Waals surface area contributed by atoms with Gasteiger partial charge < -0.3 is 14.8 Å². The smallest absolute Gasteiger partial charge is 0.289 e. The number of carbonyl (C=O) groups excluding carboxylic acids is 2. The number of nitrogens with zero attached hydrogens (tertiary/aromatic N) is 5. The van der Waals surface area contributed by atoms with Crippen LogP contribution in [-0.2, 0) is 0 Å². The van der Waals surface area contributed by atoms with Gasteiger partial charge in [-0.15, -0.1) is 11.3 Å². The van der Waals surface area contributed by atoms with Crippen molar-refractivity contribution < 1.29 is 14.0 Å². The summed E-state index contributed by atoms with van der Waals surface area (Å²) in [6, 6.07) is 4.51. The largest absolute Gasteiger partial charge is 0.335 e. The second kappa shape index (κ2) is 7.20. The molecule has 2 fully saturated rings. The van der Waals surface area contributed by atoms with Crippen LogP contribution in [0, 0.1) is 5.82 Å². The van der Waals surface area contributed by atoms with Gasteiger partial charge in [-0.1, -0.05) is 0 Å². The quantitative estimate of drug-likeness (QED) is 0.701. The highest BCUT2D eigenvalue weighted by Gasteiger charge is 2.38. The number of halogens is 1. The van der Waals surface area contributed by atoms with Gasteiger partial charge in [0.1, 0.15) is 11.5 Å². The van der Waals surface area contributed by atoms with E-state index in [4.69, 9.17) is 0 Å². The average Bonchev–Trinajstić information content (AvgIpc) is 3.36. The van der Waals surface area contributed by atoms with Gasteiger partial charge in [0.25, 0.3) is 11.8 Å². The third-order valence-electron chi connectivity index (χ3n) is 5.57. The number of likely N-dealkylation sites (tertiary alicyclic amines) is 1. The first-order valence-corrected chi connectivity index (χ1v) is 10.4. The van der Waals surface area contributed by atoms with Gasteiger partial charge in [-0.2, -0.15) is 0 Å². The Labute approximate surface area is 169 Å². The molecule has 29 heavy (non-hydrogen) atoms. The number of nitrogens with one attached hydrogen (secondary N) is 1. The zero-order chi connectivity index (χ0) is 20.0. The van der Waals surface area contributed by atoms with E-state index in [1.807, 2.05) is 4.90 Å². The Balaban J connectivity index is 1.15. The molecule has 2 aliphatic heterocycles. The first-order chi connectivity index (χ1) is 14.1. The predicted molar refractivity (Wildman–Crippen MR) is 105 cm³/mol. The highest BCUT2D eigenvalue weighted by Crippen LogP contribution is 2.21. The fourth-order valence-corrected chi connectivity index (χ4v) is 4.38. The summed E-state index contributed by atoms with van der Waals surface area (Å²) in [5.41, 5.74) is 3.27. The highest BCUT2D eigenvalue weighted by molar-refractivity contribution is 7.07. The lowest BCUT2D eigenvalue weighted by atomic mass is 10.1. The maximum absolute atomic E-state index is 13.3. The maximum Gasteiger partial charge on any atom is 0.289 e. The first-order valence-electron chi connectivity index (χ1n) is 9.44. The number of carbonyl (C=O) groups is 2. The molecule has 10 heteroatoms. The van der Waals surface area contributed by atoms with Crippen LogP contribution in [0.25, 0.3) is 11.0 Å². The number of H-pyrrole nitrogens is 1. The molecule has 4 heterocycles. The number of benzene rings is 1. The molecule has 0 atom stereocenters. The average molecular weight is 414 g/mol. The van der Waals surface area contributed by atoms with Gasteiger partial charge >= 0.3 is 0 Å². The van der Waals surface area contributed by atoms with E-state index in [2.05, 4.69) is 19.9 Å². The number of thiazole rings is 1. The Bertz CT molecular complexity index is 1050. The van der Waals surface area contributed by atoms with Crippen molar-refractivity contribution in [3.63, 3.8) is 0 Å². The van der Waals surface area contributed by atoms with Gasteiger partial charge in [0.2, 0.25) is 0 Å². The van der Waals surface area contributed by atoms with Crippen LogP contribution >= 0.6 is 11.3 Å². The van der Waals surface area contributed by atoms with Gasteiger partial charge in [-0.3, -0.25) is 14.5 Å². The van der Waals surface area contributed by atoms with Gasteiger partial charge in [0.15, 0.2) is 5.82 Å². The van der Waals surface area contributed by atoms with Crippen molar-refractivity contribution in [2.24, 2.45) is 0 Å². The van der Waals surface area contributed by atoms with Crippen molar-refractivity contribution in [1.29, 1.82) is 0 Å². The summed E-state index contributed by atoms with van der Waals surface area (Å²) in [7, 11) is 0. The van der Waals surface area contributed by atoms with Crippen molar-refractivity contribution >= 4 is 34.2 Å². The van der Waals surface area contributed by atoms with Crippen LogP contribution in [0.5, 0.6) is 0 Å². The molecule has 2 saturated heterocycles. The number of imidazole rings is 1. The van der Waals surface area contributed by atoms with E-state index in [1.165, 1.54) is 23.5 Å². The molecule has 5 rings (SSSR count). The molecule has 3 aromatic rings. The van der Waals surface area contributed by atoms with E-state index in [1.54, 1.807) is 21.9 Å². The van der Waals surface area contributed by atoms with Crippen LogP contribution in [0.2, 0.25) is 0 Å². The van der Waals surface area contributed by atoms with E-state index < -0.39 is 0 Å². The van der Waals surface area contributed by atoms with E-state index in [-0.39, 0.29) is 29.5 Å². The van der Waals surface area contributed by atoms with Crippen molar-refractivity contribution in [3.8, 4) is 0 Å². The summed E-state index contributed by atoms with van der Waals surface area (Å²) in [5, 5.41) is 1.77. The summed E-state index contributed by atoms with van der Waals surface area (Å²) in [6.45, 7) is 4.15. The summed E-state index contributed by atoms with van der Waals surface area (Å²) >= 11 is 1.42. The second-order valence-corrected chi connectivity index (χ2v) is 8.03. The van der Waals surface area contributed by atoms with Gasteiger partial charge in [0, 0.05) is 50.7 Å². The van der Waals surface area contributed by atoms with E-state index in [9.17, 15) is 14.0 Å². The molecule has 0 saturated carbocycles. The molecule has 2 aliphatic rings. The Morgan fingerprint density at radius 1 is 1.10 bits per heavy atom. The standard InChI is InChI=1S/C19H19FN6O2S/c20-12-1-2-14-15(7-12)23-17(22-14)19(28)26-8-13(9-26)24-3-5-25(6-4-24)18(27)16-10-29-11-21-16/h1-2,7,10-11,13H,3-6,8-9H2,(H,22,23). The van der Waals surface area contributed by atoms with Gasteiger partial charge in [-0.25, -0.2) is 14.4 Å². The predicted octanol–water partition coefficient (Wildman–Crippen LogP) is 1.44. The third-order valence-corrected chi connectivity index (χ3v) is 6.15. The number of hydrogen-bond acceptors (Lipinski definition) is 6. The number of aromatic nitrogens is 3. The third kappa shape index (κ3) is 3.38. The van der Waals surface area contributed by atoms with Gasteiger partial charge in [0.05, 0.1) is 16.5 Å². The first kappa shape index (κ1) is 18.2. The maximum atomic E-state index is 13.3. The van der Waals surface area contributed by atoms with Crippen LogP contribution in [0.4, 0.5) is 4.39 Å². The molecule has 1 aromatic carbocycles. The fraction of sp³-hybridized carbons (Fsp3) is 0.368. The summed E-state index contributed by atoms with van der Waals surface area (Å²) < 4.78 is 13.3. The zero-order valence-electron chi connectivity index (χ0n) is 15.5. The SMILES string of the molecule is O=C(c1cscn1)N1CCN(C2CN(C(=O)c3nc4ccc(F)cc4[nH]3)C2)CC1. The normalized spacial score (nSPS) is 18.2. The van der Waals surface area contributed by atoms with E-state index in [0.717, 1.165) is 13.1 Å². The molecule has 2 aromatic heterocycles. The molecule has 150 valence electrons. The van der Waals surface area contributed by atoms with Crippen LogP contribution in [0.1, 0.15) is 21.1 Å². The fourth-order valence-electron chi connectivity index (χ4n) is 3.86. The van der Waals surface area contributed by atoms with Crippen molar-refractivity contribution in [1.82, 2.24) is 29.7 Å². The van der Waals surface area contributed by atoms with Crippen LogP contribution in [0.3, 0.4) is 0 Å². The highest BCUT2D eigenvalue weighted by atomic mass is 32.1. The summed E-state index contributed by atoms with van der Waals surface area (Å²) in [5.74, 6) is -0.313. The minimum atomic E-state index is -0.364. The Morgan fingerprint density at radius 2 is 1.90 bits per heavy atom. The summed E-state index contributed by atoms with van der Waals surface area (Å²) in [6.07, 6.45) is 0. The number of fused-ring (bicyclic) bond motifs is 1. The Hall–Kier alpha value is -2.85. The summed E-state index contributed by atoms with van der Waals surface area (Å²) in [4.78, 5) is 42.2. The van der Waals surface area contributed by atoms with Crippen molar-refractivity contribution in [3.05, 3.63) is 46.4 Å². The lowest BCUT2D eigenvalue weighted by Gasteiger charge is -2.47. The van der Waals surface area contributed by atoms with E-state index >= 15 is 0 Å². The topological polar surface area (TPSA) is 85.4 Å². The molecule has 0 radical (unpaired) electrons. The number of piperazine rings is 1. The van der Waals surface area contributed by atoms with Crippen molar-refractivity contribution in [2.45, 2.75) is 6.04 Å². The lowest BCUT2D eigenvalue weighted by Crippen LogP contribution is -2.64. The van der Waals surface area contributed by atoms with E-state index in [0.29, 0.717) is 42.9 Å².